The van der Waals surface area contributed by atoms with Crippen LogP contribution in [0.3, 0.4) is 0 Å². The predicted octanol–water partition coefficient (Wildman–Crippen LogP) is 1.86. The molecule has 6 heteroatoms. The van der Waals surface area contributed by atoms with Gasteiger partial charge < -0.3 is 10.3 Å². The van der Waals surface area contributed by atoms with E-state index in [1.807, 2.05) is 6.07 Å². The highest BCUT2D eigenvalue weighted by Gasteiger charge is 2.15. The molecule has 0 aliphatic rings. The zero-order valence-corrected chi connectivity index (χ0v) is 11.6. The number of sulfone groups is 1. The van der Waals surface area contributed by atoms with Crippen molar-refractivity contribution in [1.29, 1.82) is 0 Å². The van der Waals surface area contributed by atoms with Gasteiger partial charge in [0.15, 0.2) is 9.84 Å². The highest BCUT2D eigenvalue weighted by Crippen LogP contribution is 2.21. The molecule has 5 nitrogen and oxygen atoms in total. The Balaban J connectivity index is 2.08. The minimum atomic E-state index is -3.20. The fourth-order valence-corrected chi connectivity index (χ4v) is 2.86. The maximum Gasteiger partial charge on any atom is 0.180 e. The van der Waals surface area contributed by atoms with Crippen molar-refractivity contribution >= 4 is 15.5 Å². The first-order valence-corrected chi connectivity index (χ1v) is 7.81. The van der Waals surface area contributed by atoms with E-state index < -0.39 is 9.84 Å². The van der Waals surface area contributed by atoms with Crippen molar-refractivity contribution in [2.75, 3.05) is 17.6 Å². The molecule has 0 aliphatic heterocycles. The number of nitrogens with one attached hydrogen (secondary N) is 2. The Kier molecular flexibility index (Phi) is 4.21. The average Bonchev–Trinajstić information content (AvgIpc) is 2.92. The zero-order valence-electron chi connectivity index (χ0n) is 10.8. The van der Waals surface area contributed by atoms with E-state index in [2.05, 4.69) is 15.3 Å². The summed E-state index contributed by atoms with van der Waals surface area (Å²) in [5.74, 6) is 0.103. The zero-order chi connectivity index (χ0) is 13.7. The third-order valence-corrected chi connectivity index (χ3v) is 4.65. The third kappa shape index (κ3) is 3.35. The van der Waals surface area contributed by atoms with E-state index in [1.54, 1.807) is 37.6 Å². The van der Waals surface area contributed by atoms with Gasteiger partial charge in [-0.25, -0.2) is 13.4 Å². The molecule has 0 radical (unpaired) electrons. The second-order valence-corrected chi connectivity index (χ2v) is 6.40. The molecule has 102 valence electrons. The van der Waals surface area contributed by atoms with Crippen molar-refractivity contribution in [2.24, 2.45) is 0 Å². The van der Waals surface area contributed by atoms with Gasteiger partial charge in [0.1, 0.15) is 0 Å². The Hall–Kier alpha value is -1.82. The number of hydrogen-bond donors (Lipinski definition) is 2. The van der Waals surface area contributed by atoms with Gasteiger partial charge in [0, 0.05) is 24.9 Å². The van der Waals surface area contributed by atoms with Crippen molar-refractivity contribution in [3.63, 3.8) is 0 Å². The lowest BCUT2D eigenvalue weighted by atomic mass is 10.3. The summed E-state index contributed by atoms with van der Waals surface area (Å²) >= 11 is 0. The molecule has 0 atom stereocenters. The summed E-state index contributed by atoms with van der Waals surface area (Å²) in [5.41, 5.74) is 1.67. The molecule has 0 amide bonds. The summed E-state index contributed by atoms with van der Waals surface area (Å²) < 4.78 is 23.9. The fraction of sp³-hybridized carbons (Fsp3) is 0.308. The molecule has 0 fully saturated rings. The Morgan fingerprint density at radius 1 is 1.32 bits per heavy atom. The molecular formula is C13H17N3O2S. The van der Waals surface area contributed by atoms with Crippen molar-refractivity contribution in [3.05, 3.63) is 42.5 Å². The smallest absolute Gasteiger partial charge is 0.180 e. The second kappa shape index (κ2) is 5.88. The summed E-state index contributed by atoms with van der Waals surface area (Å²) in [6, 6.07) is 6.99. The van der Waals surface area contributed by atoms with Crippen LogP contribution >= 0.6 is 0 Å². The molecule has 1 heterocycles. The van der Waals surface area contributed by atoms with Crippen LogP contribution in [0.1, 0.15) is 12.6 Å². The molecule has 2 aromatic rings. The first kappa shape index (κ1) is 13.6. The van der Waals surface area contributed by atoms with Crippen LogP contribution in [-0.2, 0) is 16.3 Å². The fourth-order valence-electron chi connectivity index (χ4n) is 1.79. The van der Waals surface area contributed by atoms with Crippen LogP contribution in [0.15, 0.2) is 41.7 Å². The average molecular weight is 279 g/mol. The maximum atomic E-state index is 12.0. The monoisotopic (exact) mass is 279 g/mol. The number of aromatic nitrogens is 2. The van der Waals surface area contributed by atoms with E-state index in [-0.39, 0.29) is 5.75 Å². The second-order valence-electron chi connectivity index (χ2n) is 4.15. The molecular weight excluding hydrogens is 262 g/mol. The number of para-hydroxylation sites is 1. The van der Waals surface area contributed by atoms with Crippen LogP contribution < -0.4 is 5.32 Å². The van der Waals surface area contributed by atoms with E-state index in [9.17, 15) is 8.42 Å². The maximum absolute atomic E-state index is 12.0. The summed E-state index contributed by atoms with van der Waals surface area (Å²) in [6.07, 6.45) is 4.15. The molecule has 0 saturated heterocycles. The first-order valence-electron chi connectivity index (χ1n) is 6.16. The van der Waals surface area contributed by atoms with Gasteiger partial charge in [-0.3, -0.25) is 0 Å². The van der Waals surface area contributed by atoms with E-state index in [0.717, 1.165) is 12.1 Å². The van der Waals surface area contributed by atoms with E-state index in [1.165, 1.54) is 0 Å². The highest BCUT2D eigenvalue weighted by atomic mass is 32.2. The first-order chi connectivity index (χ1) is 9.13. The molecule has 0 saturated carbocycles. The predicted molar refractivity (Wildman–Crippen MR) is 75.0 cm³/mol. The van der Waals surface area contributed by atoms with Gasteiger partial charge in [0.05, 0.1) is 22.7 Å². The molecule has 0 bridgehead atoms. The van der Waals surface area contributed by atoms with Crippen LogP contribution in [0.4, 0.5) is 5.69 Å². The van der Waals surface area contributed by atoms with Crippen LogP contribution in [0.5, 0.6) is 0 Å². The van der Waals surface area contributed by atoms with Gasteiger partial charge in [-0.15, -0.1) is 0 Å². The molecule has 0 aliphatic carbocycles. The largest absolute Gasteiger partial charge is 0.384 e. The normalized spacial score (nSPS) is 11.4. The number of H-pyrrole nitrogens is 1. The van der Waals surface area contributed by atoms with Gasteiger partial charge in [-0.1, -0.05) is 19.1 Å². The van der Waals surface area contributed by atoms with Crippen LogP contribution in [0, 0.1) is 0 Å². The summed E-state index contributed by atoms with van der Waals surface area (Å²) in [6.45, 7) is 2.30. The number of aromatic amines is 1. The van der Waals surface area contributed by atoms with Crippen molar-refractivity contribution in [1.82, 2.24) is 9.97 Å². The van der Waals surface area contributed by atoms with Gasteiger partial charge >= 0.3 is 0 Å². The number of nitrogens with zero attached hydrogens (tertiary/aromatic N) is 1. The molecule has 0 spiro atoms. The van der Waals surface area contributed by atoms with E-state index in [4.69, 9.17) is 0 Å². The Morgan fingerprint density at radius 2 is 2.11 bits per heavy atom. The van der Waals surface area contributed by atoms with Crippen LogP contribution in [0.25, 0.3) is 0 Å². The molecule has 2 N–H and O–H groups in total. The number of benzene rings is 1. The number of imidazole rings is 1. The van der Waals surface area contributed by atoms with Crippen molar-refractivity contribution < 1.29 is 8.42 Å². The van der Waals surface area contributed by atoms with Gasteiger partial charge in [0.2, 0.25) is 0 Å². The molecule has 19 heavy (non-hydrogen) atoms. The number of rotatable bonds is 6. The lowest BCUT2D eigenvalue weighted by Gasteiger charge is -2.11. The van der Waals surface area contributed by atoms with E-state index in [0.29, 0.717) is 17.1 Å². The third-order valence-electron chi connectivity index (χ3n) is 2.87. The topological polar surface area (TPSA) is 74.8 Å². The molecule has 1 aromatic heterocycles. The SMILES string of the molecule is CCS(=O)(=O)c1ccccc1NCCc1cnc[nH]1. The lowest BCUT2D eigenvalue weighted by molar-refractivity contribution is 0.597. The molecule has 1 aromatic carbocycles. The highest BCUT2D eigenvalue weighted by molar-refractivity contribution is 7.91. The van der Waals surface area contributed by atoms with Crippen molar-refractivity contribution in [3.8, 4) is 0 Å². The Morgan fingerprint density at radius 3 is 2.79 bits per heavy atom. The minimum Gasteiger partial charge on any atom is -0.384 e. The summed E-state index contributed by atoms with van der Waals surface area (Å²) in [7, 11) is -3.20. The van der Waals surface area contributed by atoms with Crippen LogP contribution in [0.2, 0.25) is 0 Å². The number of anilines is 1. The standard InChI is InChI=1S/C13H17N3O2S/c1-2-19(17,18)13-6-4-3-5-12(13)15-8-7-11-9-14-10-16-11/h3-6,9-10,15H,2,7-8H2,1H3,(H,14,16). The Labute approximate surface area is 113 Å². The molecule has 0 unspecified atom stereocenters. The van der Waals surface area contributed by atoms with Gasteiger partial charge in [-0.05, 0) is 12.1 Å². The van der Waals surface area contributed by atoms with Gasteiger partial charge in [0.25, 0.3) is 0 Å². The van der Waals surface area contributed by atoms with Crippen LogP contribution in [-0.4, -0.2) is 30.7 Å². The minimum absolute atomic E-state index is 0.103. The number of hydrogen-bond acceptors (Lipinski definition) is 4. The van der Waals surface area contributed by atoms with E-state index >= 15 is 0 Å². The molecule has 2 rings (SSSR count). The quantitative estimate of drug-likeness (QED) is 0.846. The van der Waals surface area contributed by atoms with Gasteiger partial charge in [-0.2, -0.15) is 0 Å². The summed E-state index contributed by atoms with van der Waals surface area (Å²) in [5, 5.41) is 3.17. The summed E-state index contributed by atoms with van der Waals surface area (Å²) in [4.78, 5) is 7.31. The Bertz CT molecular complexity index is 621. The lowest BCUT2D eigenvalue weighted by Crippen LogP contribution is -2.11. The van der Waals surface area contributed by atoms with Crippen molar-refractivity contribution in [2.45, 2.75) is 18.2 Å².